The smallest absolute Gasteiger partial charge is 0.347 e. The second-order valence-electron chi connectivity index (χ2n) is 5.66. The van der Waals surface area contributed by atoms with Crippen LogP contribution in [0, 0.1) is 6.92 Å². The number of aliphatic carboxylic acids is 1. The first kappa shape index (κ1) is 21.2. The van der Waals surface area contributed by atoms with E-state index in [9.17, 15) is 19.5 Å². The summed E-state index contributed by atoms with van der Waals surface area (Å²) < 4.78 is 9.93. The third kappa shape index (κ3) is 4.23. The lowest BCUT2D eigenvalue weighted by atomic mass is 10.0. The van der Waals surface area contributed by atoms with Gasteiger partial charge >= 0.3 is 17.9 Å². The highest BCUT2D eigenvalue weighted by Crippen LogP contribution is 2.39. The summed E-state index contributed by atoms with van der Waals surface area (Å²) in [6.07, 6.45) is 0. The van der Waals surface area contributed by atoms with Crippen molar-refractivity contribution in [3.63, 3.8) is 0 Å². The highest BCUT2D eigenvalue weighted by molar-refractivity contribution is 7.17. The molecule has 1 heterocycles. The molecule has 7 nitrogen and oxygen atoms in total. The largest absolute Gasteiger partial charge is 0.477 e. The van der Waals surface area contributed by atoms with Crippen LogP contribution in [0.4, 0.5) is 0 Å². The van der Waals surface area contributed by atoms with E-state index < -0.39 is 23.5 Å². The molecule has 1 aromatic carbocycles. The normalized spacial score (nSPS) is 11.5. The van der Waals surface area contributed by atoms with Crippen molar-refractivity contribution in [1.82, 2.24) is 0 Å². The number of benzene rings is 1. The quantitative estimate of drug-likeness (QED) is 0.315. The summed E-state index contributed by atoms with van der Waals surface area (Å²) in [7, 11) is 0. The molecule has 0 aliphatic heterocycles. The van der Waals surface area contributed by atoms with E-state index in [2.05, 4.69) is 0 Å². The van der Waals surface area contributed by atoms with Gasteiger partial charge in [-0.3, -0.25) is 0 Å². The van der Waals surface area contributed by atoms with Crippen LogP contribution < -0.4 is 5.73 Å². The number of hydrogen-bond acceptors (Lipinski definition) is 7. The van der Waals surface area contributed by atoms with Gasteiger partial charge in [0, 0.05) is 4.88 Å². The molecule has 0 saturated heterocycles. The second-order valence-corrected chi connectivity index (χ2v) is 6.68. The molecule has 28 heavy (non-hydrogen) atoms. The summed E-state index contributed by atoms with van der Waals surface area (Å²) >= 11 is 1.13. The first-order valence-electron chi connectivity index (χ1n) is 8.59. The number of thiophene rings is 1. The number of nitrogens with two attached hydrogens (primary N) is 1. The summed E-state index contributed by atoms with van der Waals surface area (Å²) in [5.41, 5.74) is 6.60. The molecule has 0 atom stereocenters. The molecule has 2 aromatic rings. The van der Waals surface area contributed by atoms with Gasteiger partial charge in [0.2, 0.25) is 0 Å². The summed E-state index contributed by atoms with van der Waals surface area (Å²) in [5.74, 6) is -3.22. The molecule has 148 valence electrons. The fourth-order valence-electron chi connectivity index (χ4n) is 2.65. The minimum Gasteiger partial charge on any atom is -0.477 e. The van der Waals surface area contributed by atoms with E-state index in [1.165, 1.54) is 0 Å². The van der Waals surface area contributed by atoms with Crippen LogP contribution in [-0.4, -0.2) is 36.2 Å². The van der Waals surface area contributed by atoms with Crippen molar-refractivity contribution >= 4 is 34.9 Å². The van der Waals surface area contributed by atoms with Gasteiger partial charge in [0.05, 0.1) is 29.4 Å². The Kier molecular flexibility index (Phi) is 6.94. The van der Waals surface area contributed by atoms with Crippen LogP contribution >= 0.6 is 11.3 Å². The molecule has 0 aliphatic carbocycles. The van der Waals surface area contributed by atoms with Gasteiger partial charge in [-0.15, -0.1) is 11.3 Å². The third-order valence-corrected chi connectivity index (χ3v) is 5.24. The number of carbonyl (C=O) groups is 3. The maximum Gasteiger partial charge on any atom is 0.347 e. The number of carbonyl (C=O) groups excluding carboxylic acids is 2. The molecular formula is C20H21NO6S. The second kappa shape index (κ2) is 9.18. The van der Waals surface area contributed by atoms with Crippen molar-refractivity contribution in [1.29, 1.82) is 0 Å². The Hall–Kier alpha value is -3.13. The SMILES string of the molecule is CCOC(=O)/C(C(=O)O)=C(/N)c1sc(-c2ccccc2)c(C)c1C(=O)OCC. The molecule has 0 aliphatic rings. The topological polar surface area (TPSA) is 116 Å². The number of ether oxygens (including phenoxy) is 2. The average molecular weight is 403 g/mol. The van der Waals surface area contributed by atoms with Crippen LogP contribution in [0.2, 0.25) is 0 Å². The van der Waals surface area contributed by atoms with Crippen molar-refractivity contribution in [2.24, 2.45) is 5.73 Å². The molecule has 0 spiro atoms. The van der Waals surface area contributed by atoms with Gasteiger partial charge in [-0.1, -0.05) is 30.3 Å². The average Bonchev–Trinajstić information content (AvgIpc) is 3.00. The lowest BCUT2D eigenvalue weighted by molar-refractivity contribution is -0.143. The van der Waals surface area contributed by atoms with E-state index >= 15 is 0 Å². The Balaban J connectivity index is 2.77. The van der Waals surface area contributed by atoms with Crippen LogP contribution in [0.25, 0.3) is 16.1 Å². The summed E-state index contributed by atoms with van der Waals surface area (Å²) in [4.78, 5) is 37.2. The highest BCUT2D eigenvalue weighted by atomic mass is 32.1. The predicted octanol–water partition coefficient (Wildman–Crippen LogP) is 3.22. The Morgan fingerprint density at radius 2 is 1.68 bits per heavy atom. The Morgan fingerprint density at radius 1 is 1.07 bits per heavy atom. The monoisotopic (exact) mass is 403 g/mol. The van der Waals surface area contributed by atoms with E-state index in [-0.39, 0.29) is 29.4 Å². The minimum absolute atomic E-state index is 0.00758. The van der Waals surface area contributed by atoms with Gasteiger partial charge in [-0.25, -0.2) is 14.4 Å². The number of carboxylic acid groups (broad SMARTS) is 1. The molecule has 1 aromatic heterocycles. The minimum atomic E-state index is -1.53. The highest BCUT2D eigenvalue weighted by Gasteiger charge is 2.30. The Morgan fingerprint density at radius 3 is 2.21 bits per heavy atom. The lowest BCUT2D eigenvalue weighted by Gasteiger charge is -2.09. The van der Waals surface area contributed by atoms with Crippen LogP contribution in [0.5, 0.6) is 0 Å². The number of carboxylic acids is 1. The van der Waals surface area contributed by atoms with E-state index in [0.717, 1.165) is 21.8 Å². The van der Waals surface area contributed by atoms with Crippen LogP contribution in [0.3, 0.4) is 0 Å². The lowest BCUT2D eigenvalue weighted by Crippen LogP contribution is -2.21. The molecule has 3 N–H and O–H groups in total. The maximum absolute atomic E-state index is 12.6. The van der Waals surface area contributed by atoms with Crippen LogP contribution in [-0.2, 0) is 19.1 Å². The van der Waals surface area contributed by atoms with Gasteiger partial charge in [-0.05, 0) is 31.9 Å². The maximum atomic E-state index is 12.6. The number of hydrogen-bond donors (Lipinski definition) is 2. The van der Waals surface area contributed by atoms with Crippen molar-refractivity contribution in [2.45, 2.75) is 20.8 Å². The molecule has 8 heteroatoms. The van der Waals surface area contributed by atoms with Crippen molar-refractivity contribution < 1.29 is 29.0 Å². The van der Waals surface area contributed by atoms with Crippen molar-refractivity contribution in [3.05, 3.63) is 51.9 Å². The molecule has 0 saturated carbocycles. The molecule has 0 fully saturated rings. The fraction of sp³-hybridized carbons (Fsp3) is 0.250. The van der Waals surface area contributed by atoms with Gasteiger partial charge < -0.3 is 20.3 Å². The predicted molar refractivity (Wildman–Crippen MR) is 106 cm³/mol. The van der Waals surface area contributed by atoms with E-state index in [0.29, 0.717) is 5.56 Å². The number of esters is 2. The fourth-order valence-corrected chi connectivity index (χ4v) is 3.91. The zero-order valence-corrected chi connectivity index (χ0v) is 16.6. The molecule has 2 rings (SSSR count). The van der Waals surface area contributed by atoms with E-state index in [1.807, 2.05) is 30.3 Å². The summed E-state index contributed by atoms with van der Waals surface area (Å²) in [5, 5.41) is 9.48. The molecular weight excluding hydrogens is 382 g/mol. The zero-order chi connectivity index (χ0) is 20.8. The van der Waals surface area contributed by atoms with E-state index in [1.54, 1.807) is 20.8 Å². The Labute approximate surface area is 166 Å². The van der Waals surface area contributed by atoms with Gasteiger partial charge in [0.25, 0.3) is 0 Å². The zero-order valence-electron chi connectivity index (χ0n) is 15.8. The first-order valence-corrected chi connectivity index (χ1v) is 9.41. The standard InChI is InChI=1S/C20H21NO6S/c1-4-26-19(24)13-11(3)16(12-9-7-6-8-10-12)28-17(13)15(21)14(18(22)23)20(25)27-5-2/h6-10H,4-5,21H2,1-3H3,(H,22,23)/b15-14+. The first-order chi connectivity index (χ1) is 13.3. The molecule has 0 unspecified atom stereocenters. The number of rotatable bonds is 7. The molecule has 0 amide bonds. The van der Waals surface area contributed by atoms with Crippen molar-refractivity contribution in [2.75, 3.05) is 13.2 Å². The van der Waals surface area contributed by atoms with Gasteiger partial charge in [0.15, 0.2) is 5.57 Å². The Bertz CT molecular complexity index is 930. The molecule has 0 radical (unpaired) electrons. The molecule has 0 bridgehead atoms. The summed E-state index contributed by atoms with van der Waals surface area (Å²) in [6, 6.07) is 9.27. The van der Waals surface area contributed by atoms with E-state index in [4.69, 9.17) is 15.2 Å². The van der Waals surface area contributed by atoms with Gasteiger partial charge in [-0.2, -0.15) is 0 Å². The van der Waals surface area contributed by atoms with Gasteiger partial charge in [0.1, 0.15) is 0 Å². The van der Waals surface area contributed by atoms with Crippen molar-refractivity contribution in [3.8, 4) is 10.4 Å². The van der Waals surface area contributed by atoms with Crippen LogP contribution in [0.1, 0.15) is 34.6 Å². The summed E-state index contributed by atoms with van der Waals surface area (Å²) in [6.45, 7) is 5.08. The van der Waals surface area contributed by atoms with Crippen LogP contribution in [0.15, 0.2) is 35.9 Å². The third-order valence-electron chi connectivity index (χ3n) is 3.87.